The van der Waals surface area contributed by atoms with Gasteiger partial charge in [0, 0.05) is 0 Å². The minimum absolute atomic E-state index is 0.0779. The molecule has 0 aromatic rings. The molecule has 0 radical (unpaired) electrons. The molecule has 5 nitrogen and oxygen atoms in total. The normalized spacial score (nSPS) is 32.8. The maximum Gasteiger partial charge on any atom is 0.457 e. The summed E-state index contributed by atoms with van der Waals surface area (Å²) in [6, 6.07) is 0. The second kappa shape index (κ2) is 8.39. The summed E-state index contributed by atoms with van der Waals surface area (Å²) >= 11 is 0. The van der Waals surface area contributed by atoms with Gasteiger partial charge < -0.3 is 18.5 Å². The standard InChI is InChI=1S/C25H47BO5Si/c1-22(2,3)28-21(27)16-18(30-32(10,11)23(4,5)6)12-13-26-29-20-15-17-14-19(24(17,7)8)25(20,9)31-26/h17-20H,12-16H2,1-11H3. The molecule has 1 heterocycles. The summed E-state index contributed by atoms with van der Waals surface area (Å²) in [6.45, 7) is 23.9. The predicted molar refractivity (Wildman–Crippen MR) is 132 cm³/mol. The van der Waals surface area contributed by atoms with Gasteiger partial charge in [0.1, 0.15) is 5.60 Å². The minimum Gasteiger partial charge on any atom is -0.460 e. The Hall–Kier alpha value is -0.368. The minimum atomic E-state index is -2.03. The molecule has 1 saturated heterocycles. The van der Waals surface area contributed by atoms with Gasteiger partial charge in [0.25, 0.3) is 0 Å². The van der Waals surface area contributed by atoms with Crippen molar-refractivity contribution in [3.8, 4) is 0 Å². The SMILES string of the molecule is CC(C)(C)OC(=O)CC(CCB1OC2CC3CC(C3(C)C)C2(C)O1)O[Si](C)(C)C(C)(C)C. The first kappa shape index (κ1) is 26.2. The summed E-state index contributed by atoms with van der Waals surface area (Å²) in [5.74, 6) is 1.11. The van der Waals surface area contributed by atoms with Gasteiger partial charge in [-0.3, -0.25) is 4.79 Å². The van der Waals surface area contributed by atoms with Crippen molar-refractivity contribution in [1.29, 1.82) is 0 Å². The quantitative estimate of drug-likeness (QED) is 0.329. The van der Waals surface area contributed by atoms with E-state index in [-0.39, 0.29) is 42.4 Å². The molecule has 184 valence electrons. The summed E-state index contributed by atoms with van der Waals surface area (Å²) in [5, 5.41) is 0.0779. The van der Waals surface area contributed by atoms with Crippen molar-refractivity contribution >= 4 is 21.4 Å². The van der Waals surface area contributed by atoms with Crippen molar-refractivity contribution in [1.82, 2.24) is 0 Å². The molecule has 7 heteroatoms. The third-order valence-corrected chi connectivity index (χ3v) is 13.3. The molecule has 0 N–H and O–H groups in total. The Morgan fingerprint density at radius 2 is 1.75 bits per heavy atom. The molecule has 1 aliphatic heterocycles. The summed E-state index contributed by atoms with van der Waals surface area (Å²) in [6.07, 6.45) is 4.11. The van der Waals surface area contributed by atoms with Crippen LogP contribution in [0.4, 0.5) is 0 Å². The van der Waals surface area contributed by atoms with Gasteiger partial charge in [0.15, 0.2) is 8.32 Å². The van der Waals surface area contributed by atoms with Gasteiger partial charge in [-0.1, -0.05) is 34.6 Å². The highest BCUT2D eigenvalue weighted by Crippen LogP contribution is 2.65. The van der Waals surface area contributed by atoms with Gasteiger partial charge in [-0.2, -0.15) is 0 Å². The third-order valence-electron chi connectivity index (χ3n) is 8.81. The van der Waals surface area contributed by atoms with E-state index in [0.717, 1.165) is 25.1 Å². The number of ether oxygens (including phenoxy) is 1. The first-order chi connectivity index (χ1) is 14.3. The van der Waals surface area contributed by atoms with E-state index in [1.807, 2.05) is 20.8 Å². The molecule has 0 aromatic heterocycles. The fourth-order valence-corrected chi connectivity index (χ4v) is 7.15. The van der Waals surface area contributed by atoms with E-state index in [9.17, 15) is 4.79 Å². The highest BCUT2D eigenvalue weighted by atomic mass is 28.4. The molecule has 0 amide bonds. The Labute approximate surface area is 197 Å². The molecular weight excluding hydrogens is 419 g/mol. The molecule has 2 bridgehead atoms. The molecule has 4 aliphatic rings. The Morgan fingerprint density at radius 1 is 1.12 bits per heavy atom. The number of hydrogen-bond donors (Lipinski definition) is 0. The van der Waals surface area contributed by atoms with E-state index in [1.54, 1.807) is 0 Å². The van der Waals surface area contributed by atoms with E-state index in [1.165, 1.54) is 6.42 Å². The van der Waals surface area contributed by atoms with Crippen molar-refractivity contribution in [2.24, 2.45) is 17.3 Å². The Balaban J connectivity index is 1.64. The Morgan fingerprint density at radius 3 is 2.28 bits per heavy atom. The number of carbonyl (C=O) groups excluding carboxylic acids is 1. The van der Waals surface area contributed by atoms with Crippen molar-refractivity contribution in [3.05, 3.63) is 0 Å². The molecule has 32 heavy (non-hydrogen) atoms. The molecule has 3 saturated carbocycles. The van der Waals surface area contributed by atoms with Crippen molar-refractivity contribution in [3.63, 3.8) is 0 Å². The van der Waals surface area contributed by atoms with Crippen molar-refractivity contribution < 1.29 is 23.3 Å². The first-order valence-corrected chi connectivity index (χ1v) is 15.5. The highest BCUT2D eigenvalue weighted by molar-refractivity contribution is 6.74. The lowest BCUT2D eigenvalue weighted by Gasteiger charge is -2.64. The van der Waals surface area contributed by atoms with Crippen molar-refractivity contribution in [2.75, 3.05) is 0 Å². The van der Waals surface area contributed by atoms with E-state index in [4.69, 9.17) is 18.5 Å². The zero-order chi connectivity index (χ0) is 24.3. The van der Waals surface area contributed by atoms with Gasteiger partial charge in [-0.25, -0.2) is 0 Å². The molecule has 5 atom stereocenters. The van der Waals surface area contributed by atoms with Crippen LogP contribution in [0, 0.1) is 17.3 Å². The largest absolute Gasteiger partial charge is 0.460 e. The van der Waals surface area contributed by atoms with E-state index < -0.39 is 13.9 Å². The molecule has 0 spiro atoms. The zero-order valence-electron chi connectivity index (χ0n) is 22.5. The predicted octanol–water partition coefficient (Wildman–Crippen LogP) is 6.23. The van der Waals surface area contributed by atoms with Crippen LogP contribution in [0.5, 0.6) is 0 Å². The fraction of sp³-hybridized carbons (Fsp3) is 0.960. The van der Waals surface area contributed by atoms with Crippen molar-refractivity contribution in [2.45, 2.75) is 136 Å². The number of rotatable bonds is 7. The topological polar surface area (TPSA) is 54.0 Å². The summed E-state index contributed by atoms with van der Waals surface area (Å²) in [7, 11) is -2.25. The molecular formula is C25H47BO5Si. The van der Waals surface area contributed by atoms with Crippen LogP contribution in [0.15, 0.2) is 0 Å². The van der Waals surface area contributed by atoms with E-state index in [0.29, 0.717) is 11.3 Å². The lowest BCUT2D eigenvalue weighted by molar-refractivity contribution is -0.199. The Bertz CT molecular complexity index is 710. The maximum atomic E-state index is 12.6. The Kier molecular flexibility index (Phi) is 6.88. The van der Waals surface area contributed by atoms with Crippen LogP contribution in [-0.2, 0) is 23.3 Å². The summed E-state index contributed by atoms with van der Waals surface area (Å²) in [5.41, 5.74) is -0.341. The number of carbonyl (C=O) groups is 1. The average molecular weight is 467 g/mol. The molecule has 5 unspecified atom stereocenters. The van der Waals surface area contributed by atoms with Gasteiger partial charge in [0.2, 0.25) is 0 Å². The second-order valence-electron chi connectivity index (χ2n) is 13.8. The van der Waals surface area contributed by atoms with Crippen LogP contribution in [0.3, 0.4) is 0 Å². The lowest BCUT2D eigenvalue weighted by atomic mass is 9.43. The fourth-order valence-electron chi connectivity index (χ4n) is 5.76. The summed E-state index contributed by atoms with van der Waals surface area (Å²) < 4.78 is 25.3. The number of esters is 1. The lowest BCUT2D eigenvalue weighted by Crippen LogP contribution is -2.65. The first-order valence-electron chi connectivity index (χ1n) is 12.6. The molecule has 4 fully saturated rings. The van der Waals surface area contributed by atoms with Crippen LogP contribution in [0.25, 0.3) is 0 Å². The van der Waals surface area contributed by atoms with Crippen LogP contribution in [0.2, 0.25) is 24.5 Å². The van der Waals surface area contributed by atoms with Gasteiger partial charge in [0.05, 0.1) is 24.2 Å². The molecule has 4 rings (SSSR count). The highest BCUT2D eigenvalue weighted by Gasteiger charge is 2.67. The second-order valence-corrected chi connectivity index (χ2v) is 18.5. The number of hydrogen-bond acceptors (Lipinski definition) is 5. The van der Waals surface area contributed by atoms with E-state index in [2.05, 4.69) is 54.6 Å². The zero-order valence-corrected chi connectivity index (χ0v) is 23.5. The van der Waals surface area contributed by atoms with E-state index >= 15 is 0 Å². The monoisotopic (exact) mass is 466 g/mol. The summed E-state index contributed by atoms with van der Waals surface area (Å²) in [4.78, 5) is 12.6. The van der Waals surface area contributed by atoms with Gasteiger partial charge in [-0.05, 0) is 88.7 Å². The smallest absolute Gasteiger partial charge is 0.457 e. The van der Waals surface area contributed by atoms with Crippen LogP contribution < -0.4 is 0 Å². The molecule has 3 aliphatic carbocycles. The third kappa shape index (κ3) is 5.16. The van der Waals surface area contributed by atoms with Crippen LogP contribution in [-0.4, -0.2) is 44.8 Å². The average Bonchev–Trinajstić information content (AvgIpc) is 2.92. The molecule has 0 aromatic carbocycles. The maximum absolute atomic E-state index is 12.6. The van der Waals surface area contributed by atoms with Crippen LogP contribution in [0.1, 0.15) is 88.0 Å². The van der Waals surface area contributed by atoms with Crippen LogP contribution >= 0.6 is 0 Å². The van der Waals surface area contributed by atoms with Gasteiger partial charge in [-0.15, -0.1) is 0 Å². The van der Waals surface area contributed by atoms with Gasteiger partial charge >= 0.3 is 13.1 Å².